The Kier molecular flexibility index (Phi) is 4.85. The van der Waals surface area contributed by atoms with Gasteiger partial charge >= 0.3 is 0 Å². The van der Waals surface area contributed by atoms with Gasteiger partial charge in [-0.1, -0.05) is 12.1 Å². The molecule has 3 rings (SSSR count). The van der Waals surface area contributed by atoms with E-state index in [1.807, 2.05) is 13.8 Å². The molecule has 1 fully saturated rings. The molecule has 0 aromatic carbocycles. The summed E-state index contributed by atoms with van der Waals surface area (Å²) in [4.78, 5) is 18.0. The van der Waals surface area contributed by atoms with E-state index in [1.54, 1.807) is 0 Å². The fraction of sp³-hybridized carbons (Fsp3) is 0.625. The smallest absolute Gasteiger partial charge is 0.240 e. The molecule has 23 heavy (non-hydrogen) atoms. The number of aryl methyl sites for hydroxylation is 3. The van der Waals surface area contributed by atoms with E-state index >= 15 is 0 Å². The largest absolute Gasteiger partial charge is 0.354 e. The highest BCUT2D eigenvalue weighted by Crippen LogP contribution is 2.16. The van der Waals surface area contributed by atoms with Crippen LogP contribution in [-0.4, -0.2) is 51.2 Å². The van der Waals surface area contributed by atoms with E-state index in [4.69, 9.17) is 4.52 Å². The average molecular weight is 316 g/mol. The van der Waals surface area contributed by atoms with Crippen molar-refractivity contribution in [3.63, 3.8) is 0 Å². The molecule has 7 heteroatoms. The first-order valence-electron chi connectivity index (χ1n) is 8.25. The minimum Gasteiger partial charge on any atom is -0.354 e. The summed E-state index contributed by atoms with van der Waals surface area (Å²) in [6, 6.07) is 2.05. The molecule has 124 valence electrons. The molecular formula is C16H24N6O. The van der Waals surface area contributed by atoms with Crippen LogP contribution in [0.25, 0.3) is 0 Å². The summed E-state index contributed by atoms with van der Waals surface area (Å²) in [5.41, 5.74) is 1.02. The predicted molar refractivity (Wildman–Crippen MR) is 87.3 cm³/mol. The van der Waals surface area contributed by atoms with Gasteiger partial charge in [0.15, 0.2) is 5.82 Å². The van der Waals surface area contributed by atoms with Gasteiger partial charge in [-0.05, 0) is 20.3 Å². The average Bonchev–Trinajstić information content (AvgIpc) is 2.95. The molecule has 1 aliphatic heterocycles. The van der Waals surface area contributed by atoms with E-state index < -0.39 is 0 Å². The van der Waals surface area contributed by atoms with Gasteiger partial charge in [0.1, 0.15) is 11.6 Å². The first-order chi connectivity index (χ1) is 11.1. The van der Waals surface area contributed by atoms with Crippen LogP contribution >= 0.6 is 0 Å². The molecule has 0 N–H and O–H groups in total. The minimum absolute atomic E-state index is 0.718. The highest BCUT2D eigenvalue weighted by atomic mass is 16.5. The third-order valence-corrected chi connectivity index (χ3v) is 3.99. The van der Waals surface area contributed by atoms with Crippen molar-refractivity contribution in [2.24, 2.45) is 0 Å². The molecule has 0 atom stereocenters. The van der Waals surface area contributed by atoms with Crippen LogP contribution in [0.15, 0.2) is 10.6 Å². The Bertz CT molecular complexity index is 628. The molecule has 0 bridgehead atoms. The predicted octanol–water partition coefficient (Wildman–Crippen LogP) is 1.75. The lowest BCUT2D eigenvalue weighted by Crippen LogP contribution is -2.46. The Balaban J connectivity index is 1.55. The van der Waals surface area contributed by atoms with Crippen LogP contribution in [0.1, 0.15) is 36.6 Å². The van der Waals surface area contributed by atoms with Gasteiger partial charge in [-0.25, -0.2) is 9.97 Å². The molecule has 0 unspecified atom stereocenters. The van der Waals surface area contributed by atoms with Crippen LogP contribution in [0.5, 0.6) is 0 Å². The normalized spacial score (nSPS) is 16.0. The van der Waals surface area contributed by atoms with E-state index in [2.05, 4.69) is 42.9 Å². The summed E-state index contributed by atoms with van der Waals surface area (Å²) in [6.07, 6.45) is 1.92. The van der Waals surface area contributed by atoms with Gasteiger partial charge in [0.25, 0.3) is 0 Å². The van der Waals surface area contributed by atoms with Crippen LogP contribution in [-0.2, 0) is 13.0 Å². The van der Waals surface area contributed by atoms with Gasteiger partial charge in [-0.3, -0.25) is 4.90 Å². The van der Waals surface area contributed by atoms with E-state index in [1.165, 1.54) is 0 Å². The second-order valence-electron chi connectivity index (χ2n) is 6.03. The highest BCUT2D eigenvalue weighted by Gasteiger charge is 2.20. The first-order valence-corrected chi connectivity index (χ1v) is 8.25. The molecule has 1 aliphatic rings. The van der Waals surface area contributed by atoms with Gasteiger partial charge in [0.2, 0.25) is 5.89 Å². The van der Waals surface area contributed by atoms with Gasteiger partial charge in [0.05, 0.1) is 6.54 Å². The Morgan fingerprint density at radius 2 is 1.87 bits per heavy atom. The standard InChI is InChI=1S/C16H24N6O/c1-4-5-14-19-16(23-20-14)11-21-6-8-22(9-7-21)15-10-12(2)17-13(3)18-15/h10H,4-9,11H2,1-3H3. The zero-order valence-electron chi connectivity index (χ0n) is 14.1. The Hall–Kier alpha value is -2.02. The summed E-state index contributed by atoms with van der Waals surface area (Å²) in [6.45, 7) is 10.6. The fourth-order valence-electron chi connectivity index (χ4n) is 2.87. The van der Waals surface area contributed by atoms with E-state index in [0.29, 0.717) is 0 Å². The molecule has 0 radical (unpaired) electrons. The number of hydrogen-bond acceptors (Lipinski definition) is 7. The number of nitrogens with zero attached hydrogens (tertiary/aromatic N) is 6. The molecule has 0 spiro atoms. The molecule has 2 aromatic heterocycles. The van der Waals surface area contributed by atoms with E-state index in [9.17, 15) is 0 Å². The molecule has 2 aromatic rings. The first kappa shape index (κ1) is 15.9. The summed E-state index contributed by atoms with van der Waals surface area (Å²) < 4.78 is 5.33. The number of anilines is 1. The summed E-state index contributed by atoms with van der Waals surface area (Å²) in [5.74, 6) is 3.39. The van der Waals surface area contributed by atoms with Crippen molar-refractivity contribution in [1.29, 1.82) is 0 Å². The van der Waals surface area contributed by atoms with Crippen molar-refractivity contribution in [2.75, 3.05) is 31.1 Å². The molecule has 1 saturated heterocycles. The lowest BCUT2D eigenvalue weighted by molar-refractivity contribution is 0.215. The molecule has 0 saturated carbocycles. The van der Waals surface area contributed by atoms with Gasteiger partial charge in [0, 0.05) is 44.4 Å². The van der Waals surface area contributed by atoms with Crippen molar-refractivity contribution in [2.45, 2.75) is 40.2 Å². The Morgan fingerprint density at radius 1 is 1.09 bits per heavy atom. The molecule has 0 aliphatic carbocycles. The van der Waals surface area contributed by atoms with Crippen molar-refractivity contribution < 1.29 is 4.52 Å². The topological polar surface area (TPSA) is 71.2 Å². The second kappa shape index (κ2) is 7.04. The lowest BCUT2D eigenvalue weighted by atomic mass is 10.3. The zero-order valence-corrected chi connectivity index (χ0v) is 14.1. The Labute approximate surface area is 136 Å². The number of hydrogen-bond donors (Lipinski definition) is 0. The van der Waals surface area contributed by atoms with Crippen molar-refractivity contribution in [1.82, 2.24) is 25.0 Å². The van der Waals surface area contributed by atoms with E-state index in [-0.39, 0.29) is 0 Å². The molecular weight excluding hydrogens is 292 g/mol. The zero-order chi connectivity index (χ0) is 16.2. The number of piperazine rings is 1. The van der Waals surface area contributed by atoms with Crippen LogP contribution in [0.2, 0.25) is 0 Å². The molecule has 7 nitrogen and oxygen atoms in total. The van der Waals surface area contributed by atoms with Gasteiger partial charge < -0.3 is 9.42 Å². The van der Waals surface area contributed by atoms with Crippen molar-refractivity contribution >= 4 is 5.82 Å². The third kappa shape index (κ3) is 4.04. The van der Waals surface area contributed by atoms with Gasteiger partial charge in [-0.15, -0.1) is 0 Å². The minimum atomic E-state index is 0.718. The SMILES string of the molecule is CCCc1noc(CN2CCN(c3cc(C)nc(C)n3)CC2)n1. The summed E-state index contributed by atoms with van der Waals surface area (Å²) in [7, 11) is 0. The van der Waals surface area contributed by atoms with E-state index in [0.717, 1.165) is 74.6 Å². The van der Waals surface area contributed by atoms with Crippen LogP contribution in [0.3, 0.4) is 0 Å². The maximum Gasteiger partial charge on any atom is 0.240 e. The third-order valence-electron chi connectivity index (χ3n) is 3.99. The Morgan fingerprint density at radius 3 is 2.57 bits per heavy atom. The maximum absolute atomic E-state index is 5.33. The lowest BCUT2D eigenvalue weighted by Gasteiger charge is -2.34. The molecule has 3 heterocycles. The van der Waals surface area contributed by atoms with Crippen LogP contribution < -0.4 is 4.90 Å². The number of rotatable bonds is 5. The molecule has 0 amide bonds. The summed E-state index contributed by atoms with van der Waals surface area (Å²) in [5, 5.41) is 4.01. The second-order valence-corrected chi connectivity index (χ2v) is 6.03. The quantitative estimate of drug-likeness (QED) is 0.832. The van der Waals surface area contributed by atoms with Crippen LogP contribution in [0.4, 0.5) is 5.82 Å². The maximum atomic E-state index is 5.33. The van der Waals surface area contributed by atoms with Gasteiger partial charge in [-0.2, -0.15) is 4.98 Å². The van der Waals surface area contributed by atoms with Crippen molar-refractivity contribution in [3.8, 4) is 0 Å². The highest BCUT2D eigenvalue weighted by molar-refractivity contribution is 5.40. The fourth-order valence-corrected chi connectivity index (χ4v) is 2.87. The summed E-state index contributed by atoms with van der Waals surface area (Å²) >= 11 is 0. The number of aromatic nitrogens is 4. The van der Waals surface area contributed by atoms with Crippen LogP contribution in [0, 0.1) is 13.8 Å². The van der Waals surface area contributed by atoms with Crippen molar-refractivity contribution in [3.05, 3.63) is 29.3 Å². The monoisotopic (exact) mass is 316 g/mol.